The second-order valence-electron chi connectivity index (χ2n) is 5.77. The average molecular weight is 281 g/mol. The molecule has 0 radical (unpaired) electrons. The molecule has 1 aliphatic rings. The average Bonchev–Trinajstić information content (AvgIpc) is 2.47. The van der Waals surface area contributed by atoms with Crippen LogP contribution in [0.1, 0.15) is 37.9 Å². The topological polar surface area (TPSA) is 43.7 Å². The van der Waals surface area contributed by atoms with E-state index < -0.39 is 6.10 Å². The number of aliphatic hydroxyl groups excluding tert-OH is 2. The number of aliphatic hydroxyl groups is 2. The van der Waals surface area contributed by atoms with Crippen LogP contribution < -0.4 is 0 Å². The van der Waals surface area contributed by atoms with Crippen LogP contribution in [-0.4, -0.2) is 40.9 Å². The molecule has 3 nitrogen and oxygen atoms in total. The quantitative estimate of drug-likeness (QED) is 0.870. The molecule has 0 amide bonds. The van der Waals surface area contributed by atoms with Gasteiger partial charge in [-0.3, -0.25) is 4.90 Å². The number of hydrogen-bond acceptors (Lipinski definition) is 3. The first-order valence-electron chi connectivity index (χ1n) is 7.41. The number of nitrogens with zero attached hydrogens (tertiary/aromatic N) is 1. The largest absolute Gasteiger partial charge is 0.395 e. The van der Waals surface area contributed by atoms with E-state index in [-0.39, 0.29) is 24.4 Å². The summed E-state index contributed by atoms with van der Waals surface area (Å²) in [7, 11) is 0. The van der Waals surface area contributed by atoms with Crippen molar-refractivity contribution in [2.45, 2.75) is 38.3 Å². The van der Waals surface area contributed by atoms with Gasteiger partial charge in [0.2, 0.25) is 0 Å². The lowest BCUT2D eigenvalue weighted by molar-refractivity contribution is 0.0388. The molecular weight excluding hydrogens is 257 g/mol. The van der Waals surface area contributed by atoms with E-state index in [1.54, 1.807) is 18.2 Å². The minimum Gasteiger partial charge on any atom is -0.395 e. The Morgan fingerprint density at radius 2 is 2.10 bits per heavy atom. The zero-order valence-corrected chi connectivity index (χ0v) is 12.0. The van der Waals surface area contributed by atoms with E-state index in [1.165, 1.54) is 6.07 Å². The third kappa shape index (κ3) is 3.57. The molecule has 0 saturated carbocycles. The van der Waals surface area contributed by atoms with Crippen LogP contribution in [0.2, 0.25) is 0 Å². The van der Waals surface area contributed by atoms with Gasteiger partial charge in [-0.25, -0.2) is 4.39 Å². The van der Waals surface area contributed by atoms with Gasteiger partial charge >= 0.3 is 0 Å². The third-order valence-electron chi connectivity index (χ3n) is 4.25. The first-order valence-corrected chi connectivity index (χ1v) is 7.41. The highest BCUT2D eigenvalue weighted by molar-refractivity contribution is 5.20. The summed E-state index contributed by atoms with van der Waals surface area (Å²) in [5.41, 5.74) is 0.359. The minimum atomic E-state index is -0.808. The Kier molecular flexibility index (Phi) is 5.52. The Hall–Kier alpha value is -0.970. The van der Waals surface area contributed by atoms with Crippen LogP contribution in [0.5, 0.6) is 0 Å². The van der Waals surface area contributed by atoms with Crippen molar-refractivity contribution >= 4 is 0 Å². The fraction of sp³-hybridized carbons (Fsp3) is 0.625. The van der Waals surface area contributed by atoms with E-state index in [4.69, 9.17) is 0 Å². The lowest BCUT2D eigenvalue weighted by atomic mass is 9.94. The molecule has 3 atom stereocenters. The third-order valence-corrected chi connectivity index (χ3v) is 4.25. The number of benzene rings is 1. The van der Waals surface area contributed by atoms with E-state index >= 15 is 0 Å². The predicted molar refractivity (Wildman–Crippen MR) is 76.8 cm³/mol. The summed E-state index contributed by atoms with van der Waals surface area (Å²) < 4.78 is 13.7. The van der Waals surface area contributed by atoms with E-state index in [9.17, 15) is 14.6 Å². The van der Waals surface area contributed by atoms with Crippen molar-refractivity contribution in [3.05, 3.63) is 35.6 Å². The van der Waals surface area contributed by atoms with Crippen LogP contribution in [0.4, 0.5) is 4.39 Å². The fourth-order valence-corrected chi connectivity index (χ4v) is 3.00. The molecule has 1 fully saturated rings. The van der Waals surface area contributed by atoms with Crippen LogP contribution in [0.3, 0.4) is 0 Å². The highest BCUT2D eigenvalue weighted by atomic mass is 19.1. The fourth-order valence-electron chi connectivity index (χ4n) is 3.00. The number of halogens is 1. The van der Waals surface area contributed by atoms with Gasteiger partial charge in [-0.15, -0.1) is 0 Å². The molecule has 0 aromatic heterocycles. The molecule has 1 aliphatic heterocycles. The second kappa shape index (κ2) is 7.16. The first-order chi connectivity index (χ1) is 9.63. The molecule has 1 aromatic carbocycles. The van der Waals surface area contributed by atoms with E-state index in [0.29, 0.717) is 12.1 Å². The highest BCUT2D eigenvalue weighted by Crippen LogP contribution is 2.27. The molecule has 1 aromatic rings. The molecular formula is C16H24FNO2. The van der Waals surface area contributed by atoms with Crippen molar-refractivity contribution < 1.29 is 14.6 Å². The normalized spacial score (nSPS) is 23.5. The van der Waals surface area contributed by atoms with Gasteiger partial charge in [0.15, 0.2) is 0 Å². The van der Waals surface area contributed by atoms with Crippen LogP contribution >= 0.6 is 0 Å². The van der Waals surface area contributed by atoms with Gasteiger partial charge < -0.3 is 10.2 Å². The number of hydrogen-bond donors (Lipinski definition) is 2. The Morgan fingerprint density at radius 1 is 1.35 bits per heavy atom. The summed E-state index contributed by atoms with van der Waals surface area (Å²) in [6, 6.07) is 6.56. The molecule has 1 saturated heterocycles. The van der Waals surface area contributed by atoms with Crippen molar-refractivity contribution in [3.63, 3.8) is 0 Å². The van der Waals surface area contributed by atoms with E-state index in [2.05, 4.69) is 4.90 Å². The number of rotatable bonds is 5. The second-order valence-corrected chi connectivity index (χ2v) is 5.77. The zero-order valence-electron chi connectivity index (χ0n) is 12.0. The standard InChI is InChI=1S/C16H24FNO2/c1-12(10-18-9-5-4-6-13(18)11-19)16(20)14-7-2-3-8-15(14)17/h2-3,7-8,12-13,16,19-20H,4-6,9-11H2,1H3. The molecule has 112 valence electrons. The molecule has 0 spiro atoms. The van der Waals surface area contributed by atoms with Gasteiger partial charge in [-0.2, -0.15) is 0 Å². The van der Waals surface area contributed by atoms with Gasteiger partial charge in [0.1, 0.15) is 5.82 Å². The Morgan fingerprint density at radius 3 is 2.80 bits per heavy atom. The molecule has 20 heavy (non-hydrogen) atoms. The highest BCUT2D eigenvalue weighted by Gasteiger charge is 2.27. The molecule has 0 aliphatic carbocycles. The van der Waals surface area contributed by atoms with Crippen LogP contribution in [0.15, 0.2) is 24.3 Å². The van der Waals surface area contributed by atoms with Crippen LogP contribution in [-0.2, 0) is 0 Å². The SMILES string of the molecule is CC(CN1CCCCC1CO)C(O)c1ccccc1F. The van der Waals surface area contributed by atoms with Crippen molar-refractivity contribution in [1.82, 2.24) is 4.90 Å². The van der Waals surface area contributed by atoms with Crippen molar-refractivity contribution in [1.29, 1.82) is 0 Å². The molecule has 2 rings (SSSR count). The first kappa shape index (κ1) is 15.4. The maximum Gasteiger partial charge on any atom is 0.129 e. The maximum absolute atomic E-state index is 13.7. The summed E-state index contributed by atoms with van der Waals surface area (Å²) in [4.78, 5) is 2.22. The predicted octanol–water partition coefficient (Wildman–Crippen LogP) is 2.34. The molecule has 3 unspecified atom stereocenters. The molecule has 1 heterocycles. The van der Waals surface area contributed by atoms with Gasteiger partial charge in [-0.05, 0) is 31.4 Å². The lowest BCUT2D eigenvalue weighted by Crippen LogP contribution is -2.44. The molecule has 2 N–H and O–H groups in total. The smallest absolute Gasteiger partial charge is 0.129 e. The van der Waals surface area contributed by atoms with Crippen LogP contribution in [0, 0.1) is 11.7 Å². The van der Waals surface area contributed by atoms with Crippen LogP contribution in [0.25, 0.3) is 0 Å². The van der Waals surface area contributed by atoms with Crippen molar-refractivity contribution in [2.75, 3.05) is 19.7 Å². The van der Waals surface area contributed by atoms with Gasteiger partial charge in [0.25, 0.3) is 0 Å². The van der Waals surface area contributed by atoms with Gasteiger partial charge in [0, 0.05) is 18.2 Å². The summed E-state index contributed by atoms with van der Waals surface area (Å²) >= 11 is 0. The lowest BCUT2D eigenvalue weighted by Gasteiger charge is -2.37. The monoisotopic (exact) mass is 281 g/mol. The Labute approximate surface area is 120 Å². The van der Waals surface area contributed by atoms with E-state index in [1.807, 2.05) is 6.92 Å². The zero-order chi connectivity index (χ0) is 14.5. The van der Waals surface area contributed by atoms with Crippen molar-refractivity contribution in [3.8, 4) is 0 Å². The minimum absolute atomic E-state index is 0.0703. The Balaban J connectivity index is 2.00. The number of piperidine rings is 1. The summed E-state index contributed by atoms with van der Waals surface area (Å²) in [6.07, 6.45) is 2.46. The summed E-state index contributed by atoms with van der Waals surface area (Å²) in [5, 5.41) is 19.7. The van der Waals surface area contributed by atoms with Gasteiger partial charge in [0.05, 0.1) is 12.7 Å². The molecule has 0 bridgehead atoms. The van der Waals surface area contributed by atoms with Gasteiger partial charge in [-0.1, -0.05) is 31.5 Å². The molecule has 4 heteroatoms. The van der Waals surface area contributed by atoms with E-state index in [0.717, 1.165) is 25.8 Å². The number of likely N-dealkylation sites (tertiary alicyclic amines) is 1. The van der Waals surface area contributed by atoms with Crippen molar-refractivity contribution in [2.24, 2.45) is 5.92 Å². The summed E-state index contributed by atoms with van der Waals surface area (Å²) in [6.45, 7) is 3.71. The maximum atomic E-state index is 13.7. The Bertz CT molecular complexity index is 427. The summed E-state index contributed by atoms with van der Waals surface area (Å²) in [5.74, 6) is -0.428.